The maximum Gasteiger partial charge on any atom is 0.0488 e. The minimum atomic E-state index is 0.467. The molecule has 0 aliphatic rings. The van der Waals surface area contributed by atoms with Crippen LogP contribution in [0.4, 0.5) is 0 Å². The van der Waals surface area contributed by atoms with Crippen molar-refractivity contribution in [3.05, 3.63) is 34.3 Å². The van der Waals surface area contributed by atoms with Crippen LogP contribution in [0.1, 0.15) is 17.5 Å². The molecule has 1 aromatic carbocycles. The van der Waals surface area contributed by atoms with Crippen molar-refractivity contribution in [3.8, 4) is 0 Å². The highest BCUT2D eigenvalue weighted by atomic mass is 35.5. The minimum Gasteiger partial charge on any atom is -0.127 e. The van der Waals surface area contributed by atoms with Crippen LogP contribution in [0, 0.1) is 0 Å². The average molecular weight is 238 g/mol. The molecule has 0 nitrogen and oxygen atoms in total. The molecule has 72 valence electrons. The van der Waals surface area contributed by atoms with Gasteiger partial charge in [-0.2, -0.15) is 0 Å². The van der Waals surface area contributed by atoms with Gasteiger partial charge in [0, 0.05) is 16.8 Å². The molecule has 0 fully saturated rings. The van der Waals surface area contributed by atoms with Crippen molar-refractivity contribution in [1.82, 2.24) is 0 Å². The van der Waals surface area contributed by atoms with E-state index in [1.54, 1.807) is 0 Å². The largest absolute Gasteiger partial charge is 0.127 e. The van der Waals surface area contributed by atoms with Crippen LogP contribution >= 0.6 is 34.8 Å². The normalized spacial score (nSPS) is 10.4. The molecule has 0 atom stereocenters. The summed E-state index contributed by atoms with van der Waals surface area (Å²) in [5.41, 5.74) is 2.21. The molecule has 3 heteroatoms. The molecule has 0 unspecified atom stereocenters. The number of hydrogen-bond acceptors (Lipinski definition) is 0. The second-order valence-electron chi connectivity index (χ2n) is 2.85. The predicted molar refractivity (Wildman–Crippen MR) is 60.1 cm³/mol. The molecule has 0 bridgehead atoms. The van der Waals surface area contributed by atoms with Gasteiger partial charge in [0.25, 0.3) is 0 Å². The van der Waals surface area contributed by atoms with Crippen LogP contribution in [0.5, 0.6) is 0 Å². The Morgan fingerprint density at radius 1 is 1.15 bits per heavy atom. The van der Waals surface area contributed by atoms with Crippen LogP contribution < -0.4 is 0 Å². The van der Waals surface area contributed by atoms with Crippen molar-refractivity contribution in [2.75, 3.05) is 5.88 Å². The van der Waals surface area contributed by atoms with Crippen molar-refractivity contribution in [2.24, 2.45) is 0 Å². The molecule has 0 aromatic heterocycles. The van der Waals surface area contributed by atoms with Crippen molar-refractivity contribution >= 4 is 34.8 Å². The summed E-state index contributed by atoms with van der Waals surface area (Å²) < 4.78 is 0. The number of benzene rings is 1. The standard InChI is InChI=1S/C10H11Cl3/c11-5-1-2-8-3-4-9(7-12)10(13)6-8/h3-4,6H,1-2,5,7H2. The van der Waals surface area contributed by atoms with E-state index in [2.05, 4.69) is 6.07 Å². The fourth-order valence-corrected chi connectivity index (χ4v) is 1.83. The third-order valence-corrected chi connectivity index (χ3v) is 2.77. The second-order valence-corrected chi connectivity index (χ2v) is 3.90. The maximum absolute atomic E-state index is 5.99. The highest BCUT2D eigenvalue weighted by molar-refractivity contribution is 6.32. The topological polar surface area (TPSA) is 0 Å². The van der Waals surface area contributed by atoms with Gasteiger partial charge in [-0.05, 0) is 30.0 Å². The highest BCUT2D eigenvalue weighted by Gasteiger charge is 2.00. The first-order valence-electron chi connectivity index (χ1n) is 4.17. The van der Waals surface area contributed by atoms with E-state index in [0.29, 0.717) is 11.8 Å². The molecule has 0 amide bonds. The summed E-state index contributed by atoms with van der Waals surface area (Å²) in [6.07, 6.45) is 1.96. The van der Waals surface area contributed by atoms with Gasteiger partial charge in [0.05, 0.1) is 0 Å². The predicted octanol–water partition coefficient (Wildman–Crippen LogP) is 4.25. The second kappa shape index (κ2) is 5.74. The SMILES string of the molecule is ClCCCc1ccc(CCl)c(Cl)c1. The molecule has 0 aliphatic heterocycles. The van der Waals surface area contributed by atoms with Crippen LogP contribution in [-0.4, -0.2) is 5.88 Å². The van der Waals surface area contributed by atoms with Crippen LogP contribution in [-0.2, 0) is 12.3 Å². The molecular formula is C10H11Cl3. The first-order chi connectivity index (χ1) is 6.27. The molecule has 13 heavy (non-hydrogen) atoms. The monoisotopic (exact) mass is 236 g/mol. The lowest BCUT2D eigenvalue weighted by Gasteiger charge is -2.03. The molecule has 0 aliphatic carbocycles. The molecule has 0 saturated carbocycles. The van der Waals surface area contributed by atoms with E-state index in [0.717, 1.165) is 23.4 Å². The summed E-state index contributed by atoms with van der Waals surface area (Å²) in [5.74, 6) is 1.16. The van der Waals surface area contributed by atoms with Crippen LogP contribution in [0.15, 0.2) is 18.2 Å². The van der Waals surface area contributed by atoms with E-state index in [1.807, 2.05) is 12.1 Å². The smallest absolute Gasteiger partial charge is 0.0488 e. The quantitative estimate of drug-likeness (QED) is 0.687. The Kier molecular flexibility index (Phi) is 4.93. The van der Waals surface area contributed by atoms with E-state index in [4.69, 9.17) is 34.8 Å². The molecule has 0 radical (unpaired) electrons. The third kappa shape index (κ3) is 3.38. The lowest BCUT2D eigenvalue weighted by Crippen LogP contribution is -1.88. The van der Waals surface area contributed by atoms with Gasteiger partial charge in [-0.25, -0.2) is 0 Å². The van der Waals surface area contributed by atoms with Crippen LogP contribution in [0.3, 0.4) is 0 Å². The van der Waals surface area contributed by atoms with Gasteiger partial charge >= 0.3 is 0 Å². The molecule has 1 rings (SSSR count). The van der Waals surface area contributed by atoms with E-state index in [1.165, 1.54) is 5.56 Å². The van der Waals surface area contributed by atoms with Crippen LogP contribution in [0.2, 0.25) is 5.02 Å². The van der Waals surface area contributed by atoms with Gasteiger partial charge in [-0.1, -0.05) is 23.7 Å². The summed E-state index contributed by atoms with van der Waals surface area (Å²) in [7, 11) is 0. The first kappa shape index (κ1) is 11.2. The van der Waals surface area contributed by atoms with Crippen molar-refractivity contribution in [2.45, 2.75) is 18.7 Å². The van der Waals surface area contributed by atoms with E-state index >= 15 is 0 Å². The van der Waals surface area contributed by atoms with Gasteiger partial charge in [-0.15, -0.1) is 23.2 Å². The summed E-state index contributed by atoms with van der Waals surface area (Å²) >= 11 is 17.3. The molecule has 0 N–H and O–H groups in total. The summed E-state index contributed by atoms with van der Waals surface area (Å²) in [5, 5.41) is 0.752. The van der Waals surface area contributed by atoms with Gasteiger partial charge in [0.2, 0.25) is 0 Å². The zero-order chi connectivity index (χ0) is 9.68. The van der Waals surface area contributed by atoms with Gasteiger partial charge < -0.3 is 0 Å². The summed E-state index contributed by atoms with van der Waals surface area (Å²) in [4.78, 5) is 0. The van der Waals surface area contributed by atoms with Gasteiger partial charge in [-0.3, -0.25) is 0 Å². The molecule has 0 heterocycles. The fourth-order valence-electron chi connectivity index (χ4n) is 1.13. The number of rotatable bonds is 4. The third-order valence-electron chi connectivity index (χ3n) is 1.86. The lowest BCUT2D eigenvalue weighted by molar-refractivity contribution is 0.928. The zero-order valence-electron chi connectivity index (χ0n) is 7.19. The summed E-state index contributed by atoms with van der Waals surface area (Å²) in [6.45, 7) is 0. The fraction of sp³-hybridized carbons (Fsp3) is 0.400. The van der Waals surface area contributed by atoms with Crippen LogP contribution in [0.25, 0.3) is 0 Å². The van der Waals surface area contributed by atoms with Crippen molar-refractivity contribution < 1.29 is 0 Å². The Bertz CT molecular complexity index is 271. The Balaban J connectivity index is 2.71. The molecule has 0 spiro atoms. The van der Waals surface area contributed by atoms with E-state index in [9.17, 15) is 0 Å². The number of hydrogen-bond donors (Lipinski definition) is 0. The molecular weight excluding hydrogens is 226 g/mol. The highest BCUT2D eigenvalue weighted by Crippen LogP contribution is 2.20. The zero-order valence-corrected chi connectivity index (χ0v) is 9.46. The van der Waals surface area contributed by atoms with E-state index in [-0.39, 0.29) is 0 Å². The summed E-state index contributed by atoms with van der Waals surface area (Å²) in [6, 6.07) is 5.99. The Morgan fingerprint density at radius 2 is 1.92 bits per heavy atom. The molecule has 1 aromatic rings. The van der Waals surface area contributed by atoms with Crippen molar-refractivity contribution in [3.63, 3.8) is 0 Å². The minimum absolute atomic E-state index is 0.467. The van der Waals surface area contributed by atoms with Gasteiger partial charge in [0.1, 0.15) is 0 Å². The van der Waals surface area contributed by atoms with Gasteiger partial charge in [0.15, 0.2) is 0 Å². The first-order valence-corrected chi connectivity index (χ1v) is 5.62. The number of alkyl halides is 2. The Labute approximate surface area is 93.8 Å². The lowest BCUT2D eigenvalue weighted by atomic mass is 10.1. The number of aryl methyl sites for hydroxylation is 1. The number of halogens is 3. The Morgan fingerprint density at radius 3 is 2.46 bits per heavy atom. The Hall–Kier alpha value is 0.0900. The molecule has 0 saturated heterocycles. The maximum atomic E-state index is 5.99. The van der Waals surface area contributed by atoms with E-state index < -0.39 is 0 Å². The average Bonchev–Trinajstić information content (AvgIpc) is 2.15. The van der Waals surface area contributed by atoms with Crippen molar-refractivity contribution in [1.29, 1.82) is 0 Å².